The Morgan fingerprint density at radius 3 is 2.50 bits per heavy atom. The largest absolute Gasteiger partial charge is 0.490 e. The first-order chi connectivity index (χ1) is 14.4. The minimum absolute atomic E-state index is 0.0146. The first-order valence-corrected chi connectivity index (χ1v) is 9.86. The number of aromatic nitrogens is 3. The highest BCUT2D eigenvalue weighted by atomic mass is 19.4. The van der Waals surface area contributed by atoms with Gasteiger partial charge < -0.3 is 15.8 Å². The Morgan fingerprint density at radius 2 is 1.80 bits per heavy atom. The SMILES string of the molecule is CNc1nc(N)nc2nc(-c3c(OC4CCCCC4)cccc3C(F)(F)F)ccc12. The number of anilines is 2. The summed E-state index contributed by atoms with van der Waals surface area (Å²) in [6.45, 7) is 0. The number of benzene rings is 1. The molecule has 1 fully saturated rings. The molecule has 0 amide bonds. The van der Waals surface area contributed by atoms with E-state index in [0.29, 0.717) is 11.2 Å². The van der Waals surface area contributed by atoms with Gasteiger partial charge >= 0.3 is 6.18 Å². The number of hydrogen-bond acceptors (Lipinski definition) is 6. The molecule has 4 rings (SSSR count). The monoisotopic (exact) mass is 417 g/mol. The predicted molar refractivity (Wildman–Crippen MR) is 109 cm³/mol. The summed E-state index contributed by atoms with van der Waals surface area (Å²) in [7, 11) is 1.67. The molecule has 1 saturated carbocycles. The molecule has 1 aliphatic rings. The quantitative estimate of drug-likeness (QED) is 0.618. The normalized spacial score (nSPS) is 15.3. The Balaban J connectivity index is 1.87. The molecule has 158 valence electrons. The van der Waals surface area contributed by atoms with Crippen LogP contribution in [0.1, 0.15) is 37.7 Å². The van der Waals surface area contributed by atoms with E-state index in [0.717, 1.165) is 38.2 Å². The Morgan fingerprint density at radius 1 is 1.03 bits per heavy atom. The Labute approximate surface area is 171 Å². The van der Waals surface area contributed by atoms with E-state index >= 15 is 0 Å². The molecule has 0 atom stereocenters. The number of pyridine rings is 1. The first-order valence-electron chi connectivity index (χ1n) is 9.86. The van der Waals surface area contributed by atoms with Gasteiger partial charge in [0.25, 0.3) is 0 Å². The number of hydrogen-bond donors (Lipinski definition) is 2. The van der Waals surface area contributed by atoms with Gasteiger partial charge in [0.05, 0.1) is 28.3 Å². The highest BCUT2D eigenvalue weighted by Crippen LogP contribution is 2.43. The molecule has 2 aromatic heterocycles. The number of halogens is 3. The van der Waals surface area contributed by atoms with E-state index in [-0.39, 0.29) is 34.7 Å². The molecule has 1 aromatic carbocycles. The summed E-state index contributed by atoms with van der Waals surface area (Å²) in [6.07, 6.45) is 0.142. The summed E-state index contributed by atoms with van der Waals surface area (Å²) in [6, 6.07) is 7.15. The van der Waals surface area contributed by atoms with Crippen LogP contribution in [-0.2, 0) is 6.18 Å². The van der Waals surface area contributed by atoms with Gasteiger partial charge in [0, 0.05) is 7.05 Å². The van der Waals surface area contributed by atoms with Crippen molar-refractivity contribution >= 4 is 22.8 Å². The second-order valence-corrected chi connectivity index (χ2v) is 7.30. The summed E-state index contributed by atoms with van der Waals surface area (Å²) in [5.74, 6) is 0.623. The van der Waals surface area contributed by atoms with E-state index in [9.17, 15) is 13.2 Å². The summed E-state index contributed by atoms with van der Waals surface area (Å²) >= 11 is 0. The van der Waals surface area contributed by atoms with Crippen LogP contribution < -0.4 is 15.8 Å². The standard InChI is InChI=1S/C21H22F3N5O/c1-26-18-13-10-11-15(27-19(13)29-20(25)28-18)17-14(21(22,23)24)8-5-9-16(17)30-12-6-3-2-4-7-12/h5,8-12H,2-4,6-7H2,1H3,(H3,25,26,27,28,29). The third kappa shape index (κ3) is 3.96. The fourth-order valence-corrected chi connectivity index (χ4v) is 3.85. The van der Waals surface area contributed by atoms with Crippen molar-refractivity contribution in [3.8, 4) is 17.0 Å². The second-order valence-electron chi connectivity index (χ2n) is 7.30. The van der Waals surface area contributed by atoms with Gasteiger partial charge in [-0.3, -0.25) is 0 Å². The number of alkyl halides is 3. The number of nitrogens with one attached hydrogen (secondary N) is 1. The van der Waals surface area contributed by atoms with Crippen molar-refractivity contribution in [1.82, 2.24) is 15.0 Å². The molecule has 30 heavy (non-hydrogen) atoms. The van der Waals surface area contributed by atoms with Crippen LogP contribution in [0, 0.1) is 0 Å². The highest BCUT2D eigenvalue weighted by Gasteiger charge is 2.36. The molecule has 0 radical (unpaired) electrons. The second kappa shape index (κ2) is 7.97. The van der Waals surface area contributed by atoms with Crippen LogP contribution in [0.3, 0.4) is 0 Å². The lowest BCUT2D eigenvalue weighted by atomic mass is 9.97. The smallest absolute Gasteiger partial charge is 0.417 e. The summed E-state index contributed by atoms with van der Waals surface area (Å²) < 4.78 is 47.6. The summed E-state index contributed by atoms with van der Waals surface area (Å²) in [5.41, 5.74) is 5.20. The van der Waals surface area contributed by atoms with Gasteiger partial charge in [0.1, 0.15) is 11.6 Å². The maximum atomic E-state index is 13.9. The van der Waals surface area contributed by atoms with Crippen LogP contribution in [0.5, 0.6) is 5.75 Å². The molecule has 0 unspecified atom stereocenters. The maximum absolute atomic E-state index is 13.9. The third-order valence-corrected chi connectivity index (χ3v) is 5.25. The number of nitrogen functional groups attached to an aromatic ring is 1. The maximum Gasteiger partial charge on any atom is 0.417 e. The molecule has 6 nitrogen and oxygen atoms in total. The van der Waals surface area contributed by atoms with Crippen molar-refractivity contribution in [1.29, 1.82) is 0 Å². The van der Waals surface area contributed by atoms with Crippen molar-refractivity contribution < 1.29 is 17.9 Å². The average Bonchev–Trinajstić information content (AvgIpc) is 2.72. The number of nitrogens with zero attached hydrogens (tertiary/aromatic N) is 3. The topological polar surface area (TPSA) is 86.0 Å². The third-order valence-electron chi connectivity index (χ3n) is 5.25. The Bertz CT molecular complexity index is 1060. The zero-order valence-corrected chi connectivity index (χ0v) is 16.5. The van der Waals surface area contributed by atoms with Gasteiger partial charge in [-0.05, 0) is 49.9 Å². The molecule has 1 aliphatic carbocycles. The molecule has 3 aromatic rings. The zero-order chi connectivity index (χ0) is 21.3. The van der Waals surface area contributed by atoms with Crippen LogP contribution in [0.2, 0.25) is 0 Å². The summed E-state index contributed by atoms with van der Waals surface area (Å²) in [5, 5.41) is 3.46. The van der Waals surface area contributed by atoms with Crippen LogP contribution in [0.15, 0.2) is 30.3 Å². The van der Waals surface area contributed by atoms with Gasteiger partial charge in [-0.25, -0.2) is 4.98 Å². The first kappa shape index (κ1) is 20.2. The lowest BCUT2D eigenvalue weighted by molar-refractivity contribution is -0.137. The van der Waals surface area contributed by atoms with Gasteiger partial charge in [0.2, 0.25) is 5.95 Å². The zero-order valence-electron chi connectivity index (χ0n) is 16.5. The molecule has 0 aliphatic heterocycles. The minimum atomic E-state index is -4.56. The molecular formula is C21H22F3N5O. The number of nitrogens with two attached hydrogens (primary N) is 1. The lowest BCUT2D eigenvalue weighted by Crippen LogP contribution is -2.20. The predicted octanol–water partition coefficient (Wildman–Crippen LogP) is 5.05. The van der Waals surface area contributed by atoms with E-state index in [1.54, 1.807) is 19.2 Å². The van der Waals surface area contributed by atoms with Crippen molar-refractivity contribution in [2.45, 2.75) is 44.4 Å². The van der Waals surface area contributed by atoms with Crippen molar-refractivity contribution in [2.75, 3.05) is 18.1 Å². The van der Waals surface area contributed by atoms with Crippen LogP contribution in [0.4, 0.5) is 24.9 Å². The van der Waals surface area contributed by atoms with Gasteiger partial charge in [-0.1, -0.05) is 12.5 Å². The molecule has 0 bridgehead atoms. The van der Waals surface area contributed by atoms with Crippen LogP contribution >= 0.6 is 0 Å². The van der Waals surface area contributed by atoms with Gasteiger partial charge in [-0.15, -0.1) is 0 Å². The number of ether oxygens (including phenoxy) is 1. The fraction of sp³-hybridized carbons (Fsp3) is 0.381. The van der Waals surface area contributed by atoms with Gasteiger partial charge in [-0.2, -0.15) is 23.1 Å². The highest BCUT2D eigenvalue weighted by molar-refractivity contribution is 5.89. The minimum Gasteiger partial charge on any atom is -0.490 e. The lowest BCUT2D eigenvalue weighted by Gasteiger charge is -2.25. The number of rotatable bonds is 4. The molecule has 0 spiro atoms. The molecule has 3 N–H and O–H groups in total. The van der Waals surface area contributed by atoms with E-state index in [4.69, 9.17) is 10.5 Å². The van der Waals surface area contributed by atoms with E-state index in [1.807, 2.05) is 0 Å². The molecule has 0 saturated heterocycles. The molecular weight excluding hydrogens is 395 g/mol. The van der Waals surface area contributed by atoms with Gasteiger partial charge in [0.15, 0.2) is 5.65 Å². The van der Waals surface area contributed by atoms with Crippen molar-refractivity contribution in [3.05, 3.63) is 35.9 Å². The van der Waals surface area contributed by atoms with E-state index in [2.05, 4.69) is 20.3 Å². The molecule has 9 heteroatoms. The fourth-order valence-electron chi connectivity index (χ4n) is 3.85. The Hall–Kier alpha value is -3.10. The van der Waals surface area contributed by atoms with Crippen molar-refractivity contribution in [2.24, 2.45) is 0 Å². The summed E-state index contributed by atoms with van der Waals surface area (Å²) in [4.78, 5) is 12.6. The van der Waals surface area contributed by atoms with Crippen molar-refractivity contribution in [3.63, 3.8) is 0 Å². The average molecular weight is 417 g/mol. The van der Waals surface area contributed by atoms with Crippen LogP contribution in [0.25, 0.3) is 22.3 Å². The molecule has 2 heterocycles. The Kier molecular flexibility index (Phi) is 5.36. The van der Waals surface area contributed by atoms with Crippen LogP contribution in [-0.4, -0.2) is 28.1 Å². The number of fused-ring (bicyclic) bond motifs is 1. The van der Waals surface area contributed by atoms with E-state index < -0.39 is 11.7 Å². The van der Waals surface area contributed by atoms with E-state index in [1.165, 1.54) is 12.1 Å².